The highest BCUT2D eigenvalue weighted by Crippen LogP contribution is 2.24. The summed E-state index contributed by atoms with van der Waals surface area (Å²) in [5.74, 6) is 0.573. The van der Waals surface area contributed by atoms with E-state index in [0.717, 1.165) is 13.1 Å². The van der Waals surface area contributed by atoms with Crippen molar-refractivity contribution in [3.63, 3.8) is 0 Å². The van der Waals surface area contributed by atoms with Crippen LogP contribution in [0, 0.1) is 0 Å². The number of carbonyl (C=O) groups excluding carboxylic acids is 2. The van der Waals surface area contributed by atoms with Gasteiger partial charge in [-0.1, -0.05) is 11.6 Å². The number of amides is 2. The van der Waals surface area contributed by atoms with E-state index in [1.165, 1.54) is 7.11 Å². The highest BCUT2D eigenvalue weighted by Gasteiger charge is 2.26. The molecule has 2 amide bonds. The van der Waals surface area contributed by atoms with Crippen LogP contribution in [0.1, 0.15) is 24.2 Å². The second kappa shape index (κ2) is 9.06. The Balaban J connectivity index is 1.95. The predicted octanol–water partition coefficient (Wildman–Crippen LogP) is 1.97. The molecule has 138 valence electrons. The third kappa shape index (κ3) is 4.86. The number of carbonyl (C=O) groups is 2. The van der Waals surface area contributed by atoms with Crippen molar-refractivity contribution in [3.05, 3.63) is 28.8 Å². The van der Waals surface area contributed by atoms with E-state index in [0.29, 0.717) is 49.1 Å². The first-order valence-electron chi connectivity index (χ1n) is 8.63. The maximum atomic E-state index is 12.8. The molecule has 0 unspecified atom stereocenters. The summed E-state index contributed by atoms with van der Waals surface area (Å²) in [5, 5.41) is 0.507. The third-order valence-electron chi connectivity index (χ3n) is 4.53. The highest BCUT2D eigenvalue weighted by atomic mass is 35.5. The van der Waals surface area contributed by atoms with E-state index in [1.807, 2.05) is 18.7 Å². The minimum absolute atomic E-state index is 0.0888. The Labute approximate surface area is 154 Å². The van der Waals surface area contributed by atoms with E-state index >= 15 is 0 Å². The molecule has 0 saturated carbocycles. The summed E-state index contributed by atoms with van der Waals surface area (Å²) in [7, 11) is 1.54. The molecular formula is C18H26ClN3O3. The zero-order valence-electron chi connectivity index (χ0n) is 15.1. The van der Waals surface area contributed by atoms with Crippen LogP contribution in [0.15, 0.2) is 18.2 Å². The summed E-state index contributed by atoms with van der Waals surface area (Å²) in [6.07, 6.45) is 0. The quantitative estimate of drug-likeness (QED) is 0.771. The van der Waals surface area contributed by atoms with E-state index in [4.69, 9.17) is 16.3 Å². The topological polar surface area (TPSA) is 53.1 Å². The van der Waals surface area contributed by atoms with Gasteiger partial charge >= 0.3 is 0 Å². The summed E-state index contributed by atoms with van der Waals surface area (Å²) in [5.41, 5.74) is 0.475. The number of benzene rings is 1. The second-order valence-electron chi connectivity index (χ2n) is 5.98. The number of likely N-dealkylation sites (N-methyl/N-ethyl adjacent to an activating group) is 1. The number of rotatable bonds is 6. The van der Waals surface area contributed by atoms with E-state index < -0.39 is 0 Å². The average molecular weight is 368 g/mol. The first kappa shape index (κ1) is 19.5. The molecule has 1 saturated heterocycles. The number of piperazine rings is 1. The number of methoxy groups -OCH3 is 1. The zero-order valence-corrected chi connectivity index (χ0v) is 15.9. The maximum absolute atomic E-state index is 12.8. The van der Waals surface area contributed by atoms with Crippen LogP contribution in [-0.2, 0) is 4.79 Å². The van der Waals surface area contributed by atoms with Gasteiger partial charge in [0.2, 0.25) is 5.91 Å². The number of hydrogen-bond acceptors (Lipinski definition) is 4. The van der Waals surface area contributed by atoms with Crippen molar-refractivity contribution in [3.8, 4) is 5.75 Å². The van der Waals surface area contributed by atoms with Gasteiger partial charge in [-0.25, -0.2) is 0 Å². The van der Waals surface area contributed by atoms with Gasteiger partial charge in [-0.2, -0.15) is 0 Å². The molecule has 1 aliphatic heterocycles. The predicted molar refractivity (Wildman–Crippen MR) is 98.3 cm³/mol. The molecule has 1 fully saturated rings. The van der Waals surface area contributed by atoms with Gasteiger partial charge in [0, 0.05) is 44.3 Å². The molecular weight excluding hydrogens is 342 g/mol. The van der Waals surface area contributed by atoms with Crippen LogP contribution in [0.4, 0.5) is 0 Å². The Morgan fingerprint density at radius 1 is 1.16 bits per heavy atom. The Kier molecular flexibility index (Phi) is 7.08. The van der Waals surface area contributed by atoms with Crippen LogP contribution in [-0.4, -0.2) is 79.4 Å². The lowest BCUT2D eigenvalue weighted by Gasteiger charge is -2.35. The minimum Gasteiger partial charge on any atom is -0.496 e. The zero-order chi connectivity index (χ0) is 18.4. The van der Waals surface area contributed by atoms with Crippen molar-refractivity contribution in [2.75, 3.05) is 52.9 Å². The fraction of sp³-hybridized carbons (Fsp3) is 0.556. The third-order valence-corrected chi connectivity index (χ3v) is 4.76. The van der Waals surface area contributed by atoms with Crippen LogP contribution in [0.2, 0.25) is 5.02 Å². The van der Waals surface area contributed by atoms with Gasteiger partial charge in [0.25, 0.3) is 5.91 Å². The molecule has 0 atom stereocenters. The van der Waals surface area contributed by atoms with Crippen molar-refractivity contribution in [1.82, 2.24) is 14.7 Å². The summed E-state index contributed by atoms with van der Waals surface area (Å²) >= 11 is 6.02. The molecule has 0 aromatic heterocycles. The molecule has 1 aliphatic rings. The first-order valence-corrected chi connectivity index (χ1v) is 9.00. The molecule has 1 heterocycles. The summed E-state index contributed by atoms with van der Waals surface area (Å²) in [6.45, 7) is 8.35. The fourth-order valence-corrected chi connectivity index (χ4v) is 3.17. The summed E-state index contributed by atoms with van der Waals surface area (Å²) < 4.78 is 5.27. The number of hydrogen-bond donors (Lipinski definition) is 0. The van der Waals surface area contributed by atoms with Gasteiger partial charge in [0.15, 0.2) is 0 Å². The number of ether oxygens (including phenoxy) is 1. The Hall–Kier alpha value is -1.79. The van der Waals surface area contributed by atoms with Gasteiger partial charge in [-0.3, -0.25) is 14.5 Å². The van der Waals surface area contributed by atoms with Crippen LogP contribution in [0.3, 0.4) is 0 Å². The Bertz CT molecular complexity index is 612. The van der Waals surface area contributed by atoms with E-state index in [-0.39, 0.29) is 11.8 Å². The number of halogens is 1. The van der Waals surface area contributed by atoms with Gasteiger partial charge in [0.05, 0.1) is 19.2 Å². The molecule has 0 N–H and O–H groups in total. The molecule has 2 rings (SSSR count). The molecule has 0 spiro atoms. The molecule has 0 bridgehead atoms. The summed E-state index contributed by atoms with van der Waals surface area (Å²) in [6, 6.07) is 5.04. The monoisotopic (exact) mass is 367 g/mol. The lowest BCUT2D eigenvalue weighted by molar-refractivity contribution is -0.132. The maximum Gasteiger partial charge on any atom is 0.257 e. The molecule has 1 aromatic rings. The van der Waals surface area contributed by atoms with Gasteiger partial charge < -0.3 is 14.5 Å². The van der Waals surface area contributed by atoms with E-state index in [1.54, 1.807) is 23.1 Å². The van der Waals surface area contributed by atoms with Crippen molar-refractivity contribution < 1.29 is 14.3 Å². The molecule has 25 heavy (non-hydrogen) atoms. The van der Waals surface area contributed by atoms with Crippen molar-refractivity contribution in [2.45, 2.75) is 13.8 Å². The molecule has 6 nitrogen and oxygen atoms in total. The van der Waals surface area contributed by atoms with Crippen LogP contribution in [0.25, 0.3) is 0 Å². The SMILES string of the molecule is CCN(CC)C(=O)CN1CCN(C(=O)c2cc(Cl)ccc2OC)CC1. The van der Waals surface area contributed by atoms with Crippen LogP contribution < -0.4 is 4.74 Å². The van der Waals surface area contributed by atoms with Crippen molar-refractivity contribution >= 4 is 23.4 Å². The Morgan fingerprint density at radius 3 is 2.36 bits per heavy atom. The minimum atomic E-state index is -0.0888. The van der Waals surface area contributed by atoms with Gasteiger partial charge in [0.1, 0.15) is 5.75 Å². The van der Waals surface area contributed by atoms with Crippen molar-refractivity contribution in [2.24, 2.45) is 0 Å². The molecule has 1 aromatic carbocycles. The van der Waals surface area contributed by atoms with Crippen LogP contribution in [0.5, 0.6) is 5.75 Å². The fourth-order valence-electron chi connectivity index (χ4n) is 2.99. The standard InChI is InChI=1S/C18H26ClN3O3/c1-4-21(5-2)17(23)13-20-8-10-22(11-9-20)18(24)15-12-14(19)6-7-16(15)25-3/h6-7,12H,4-5,8-11,13H2,1-3H3. The lowest BCUT2D eigenvalue weighted by atomic mass is 10.1. The molecule has 0 radical (unpaired) electrons. The average Bonchev–Trinajstić information content (AvgIpc) is 2.62. The number of nitrogens with zero attached hydrogens (tertiary/aromatic N) is 3. The largest absolute Gasteiger partial charge is 0.496 e. The van der Waals surface area contributed by atoms with Gasteiger partial charge in [-0.15, -0.1) is 0 Å². The van der Waals surface area contributed by atoms with E-state index in [2.05, 4.69) is 4.90 Å². The Morgan fingerprint density at radius 2 is 1.80 bits per heavy atom. The lowest BCUT2D eigenvalue weighted by Crippen LogP contribution is -2.51. The van der Waals surface area contributed by atoms with Crippen LogP contribution >= 0.6 is 11.6 Å². The van der Waals surface area contributed by atoms with Crippen molar-refractivity contribution in [1.29, 1.82) is 0 Å². The second-order valence-corrected chi connectivity index (χ2v) is 6.42. The molecule has 0 aliphatic carbocycles. The van der Waals surface area contributed by atoms with Gasteiger partial charge in [-0.05, 0) is 32.0 Å². The highest BCUT2D eigenvalue weighted by molar-refractivity contribution is 6.31. The smallest absolute Gasteiger partial charge is 0.257 e. The molecule has 7 heteroatoms. The van der Waals surface area contributed by atoms with E-state index in [9.17, 15) is 9.59 Å². The normalized spacial score (nSPS) is 15.1. The summed E-state index contributed by atoms with van der Waals surface area (Å²) in [4.78, 5) is 30.7. The first-order chi connectivity index (χ1) is 12.0.